The van der Waals surface area contributed by atoms with Gasteiger partial charge >= 0.3 is 18.0 Å². The Bertz CT molecular complexity index is 456. The van der Waals surface area contributed by atoms with E-state index in [-0.39, 0.29) is 6.54 Å². The lowest BCUT2D eigenvalue weighted by molar-refractivity contribution is -0.275. The molecule has 0 bridgehead atoms. The Morgan fingerprint density at radius 1 is 1.10 bits per heavy atom. The van der Waals surface area contributed by atoms with Crippen LogP contribution in [0.15, 0.2) is 30.3 Å². The molecule has 0 heterocycles. The van der Waals surface area contributed by atoms with E-state index in [4.69, 9.17) is 0 Å². The van der Waals surface area contributed by atoms with Gasteiger partial charge in [0.25, 0.3) is 0 Å². The second-order valence-corrected chi connectivity index (χ2v) is 4.58. The first-order valence-electron chi connectivity index (χ1n) is 5.87. The van der Waals surface area contributed by atoms with E-state index in [0.29, 0.717) is 10.5 Å². The SMILES string of the molecule is CC(C)N(Cc1ccccc1)C(=O)C(F)(F)C(F)(F)F. The van der Waals surface area contributed by atoms with E-state index in [0.717, 1.165) is 0 Å². The van der Waals surface area contributed by atoms with Crippen LogP contribution >= 0.6 is 0 Å². The van der Waals surface area contributed by atoms with Crippen molar-refractivity contribution in [2.24, 2.45) is 0 Å². The molecule has 1 rings (SSSR count). The molecule has 1 aromatic carbocycles. The lowest BCUT2D eigenvalue weighted by atomic mass is 10.1. The Balaban J connectivity index is 3.01. The molecule has 0 saturated heterocycles. The summed E-state index contributed by atoms with van der Waals surface area (Å²) in [6.07, 6.45) is -5.89. The standard InChI is InChI=1S/C13H14F5NO/c1-9(2)19(8-10-6-4-3-5-7-10)11(20)12(14,15)13(16,17)18/h3-7,9H,8H2,1-2H3. The van der Waals surface area contributed by atoms with Gasteiger partial charge in [-0.3, -0.25) is 4.79 Å². The van der Waals surface area contributed by atoms with Crippen LogP contribution in [0.2, 0.25) is 0 Å². The number of hydrogen-bond donors (Lipinski definition) is 0. The van der Waals surface area contributed by atoms with Crippen LogP contribution in [0.25, 0.3) is 0 Å². The second kappa shape index (κ2) is 5.76. The highest BCUT2D eigenvalue weighted by atomic mass is 19.4. The highest BCUT2D eigenvalue weighted by molar-refractivity contribution is 5.84. The van der Waals surface area contributed by atoms with Crippen molar-refractivity contribution in [2.45, 2.75) is 38.5 Å². The van der Waals surface area contributed by atoms with Crippen molar-refractivity contribution in [1.82, 2.24) is 4.90 Å². The number of halogens is 5. The molecule has 0 aliphatic rings. The van der Waals surface area contributed by atoms with Gasteiger partial charge in [-0.15, -0.1) is 0 Å². The summed E-state index contributed by atoms with van der Waals surface area (Å²) in [6, 6.07) is 7.22. The third kappa shape index (κ3) is 3.46. The quantitative estimate of drug-likeness (QED) is 0.777. The van der Waals surface area contributed by atoms with Gasteiger partial charge in [-0.25, -0.2) is 0 Å². The van der Waals surface area contributed by atoms with Crippen LogP contribution in [0.1, 0.15) is 19.4 Å². The maximum Gasteiger partial charge on any atom is 0.463 e. The van der Waals surface area contributed by atoms with Crippen LogP contribution in [-0.4, -0.2) is 28.9 Å². The number of carbonyl (C=O) groups is 1. The molecule has 2 nitrogen and oxygen atoms in total. The topological polar surface area (TPSA) is 20.3 Å². The number of hydrogen-bond acceptors (Lipinski definition) is 1. The minimum atomic E-state index is -5.89. The van der Waals surface area contributed by atoms with Crippen LogP contribution in [0.4, 0.5) is 22.0 Å². The van der Waals surface area contributed by atoms with Gasteiger partial charge in [0.15, 0.2) is 0 Å². The van der Waals surface area contributed by atoms with Crippen LogP contribution < -0.4 is 0 Å². The first kappa shape index (κ1) is 16.4. The minimum absolute atomic E-state index is 0.303. The van der Waals surface area contributed by atoms with E-state index in [9.17, 15) is 26.7 Å². The summed E-state index contributed by atoms with van der Waals surface area (Å²) in [7, 11) is 0. The zero-order valence-electron chi connectivity index (χ0n) is 10.9. The fraction of sp³-hybridized carbons (Fsp3) is 0.462. The van der Waals surface area contributed by atoms with Gasteiger partial charge in [0.05, 0.1) is 0 Å². The van der Waals surface area contributed by atoms with Crippen molar-refractivity contribution in [1.29, 1.82) is 0 Å². The average molecular weight is 295 g/mol. The summed E-state index contributed by atoms with van der Waals surface area (Å²) < 4.78 is 63.0. The van der Waals surface area contributed by atoms with E-state index in [1.807, 2.05) is 0 Å². The van der Waals surface area contributed by atoms with Gasteiger partial charge < -0.3 is 4.90 Å². The van der Waals surface area contributed by atoms with Crippen molar-refractivity contribution in [3.8, 4) is 0 Å². The zero-order valence-corrected chi connectivity index (χ0v) is 10.9. The highest BCUT2D eigenvalue weighted by Gasteiger charge is 2.64. The predicted molar refractivity (Wildman–Crippen MR) is 63.1 cm³/mol. The Labute approximate surface area is 113 Å². The van der Waals surface area contributed by atoms with E-state index >= 15 is 0 Å². The van der Waals surface area contributed by atoms with Crippen LogP contribution in [0.5, 0.6) is 0 Å². The summed E-state index contributed by atoms with van der Waals surface area (Å²) in [5, 5.41) is 0. The molecular formula is C13H14F5NO. The molecule has 1 amide bonds. The minimum Gasteiger partial charge on any atom is -0.330 e. The molecule has 0 saturated carbocycles. The van der Waals surface area contributed by atoms with E-state index < -0.39 is 24.0 Å². The molecule has 1 aromatic rings. The smallest absolute Gasteiger partial charge is 0.330 e. The first-order valence-corrected chi connectivity index (χ1v) is 5.87. The lowest BCUT2D eigenvalue weighted by Crippen LogP contribution is -2.53. The Morgan fingerprint density at radius 2 is 1.60 bits per heavy atom. The number of alkyl halides is 5. The predicted octanol–water partition coefficient (Wildman–Crippen LogP) is 3.62. The Hall–Kier alpha value is -1.66. The summed E-state index contributed by atoms with van der Waals surface area (Å²) >= 11 is 0. The second-order valence-electron chi connectivity index (χ2n) is 4.58. The van der Waals surface area contributed by atoms with Crippen LogP contribution in [0, 0.1) is 0 Å². The molecule has 0 aliphatic heterocycles. The first-order chi connectivity index (χ1) is 9.07. The monoisotopic (exact) mass is 295 g/mol. The van der Waals surface area contributed by atoms with E-state index in [2.05, 4.69) is 0 Å². The molecule has 0 fully saturated rings. The molecule has 20 heavy (non-hydrogen) atoms. The molecule has 0 radical (unpaired) electrons. The normalized spacial score (nSPS) is 12.6. The lowest BCUT2D eigenvalue weighted by Gasteiger charge is -2.31. The number of carbonyl (C=O) groups excluding carboxylic acids is 1. The van der Waals surface area contributed by atoms with E-state index in [1.54, 1.807) is 30.3 Å². The molecule has 0 aliphatic carbocycles. The maximum absolute atomic E-state index is 13.1. The van der Waals surface area contributed by atoms with Gasteiger partial charge in [0.1, 0.15) is 0 Å². The number of amides is 1. The van der Waals surface area contributed by atoms with Gasteiger partial charge in [0.2, 0.25) is 0 Å². The maximum atomic E-state index is 13.1. The zero-order chi connectivity index (χ0) is 15.6. The fourth-order valence-electron chi connectivity index (χ4n) is 1.57. The molecule has 0 aromatic heterocycles. The molecular weight excluding hydrogens is 281 g/mol. The van der Waals surface area contributed by atoms with Gasteiger partial charge in [0, 0.05) is 12.6 Å². The number of benzene rings is 1. The van der Waals surface area contributed by atoms with Gasteiger partial charge in [-0.2, -0.15) is 22.0 Å². The molecule has 0 spiro atoms. The number of rotatable bonds is 4. The highest BCUT2D eigenvalue weighted by Crippen LogP contribution is 2.37. The largest absolute Gasteiger partial charge is 0.463 e. The van der Waals surface area contributed by atoms with Crippen molar-refractivity contribution in [3.63, 3.8) is 0 Å². The summed E-state index contributed by atoms with van der Waals surface area (Å²) in [5.41, 5.74) is 0.479. The van der Waals surface area contributed by atoms with Crippen molar-refractivity contribution < 1.29 is 26.7 Å². The van der Waals surface area contributed by atoms with Crippen LogP contribution in [-0.2, 0) is 11.3 Å². The third-order valence-electron chi connectivity index (χ3n) is 2.70. The van der Waals surface area contributed by atoms with Crippen molar-refractivity contribution in [3.05, 3.63) is 35.9 Å². The average Bonchev–Trinajstić information content (AvgIpc) is 2.34. The Kier molecular flexibility index (Phi) is 4.73. The molecule has 7 heteroatoms. The molecule has 0 atom stereocenters. The molecule has 0 N–H and O–H groups in total. The van der Waals surface area contributed by atoms with Gasteiger partial charge in [-0.1, -0.05) is 30.3 Å². The van der Waals surface area contributed by atoms with Crippen molar-refractivity contribution >= 4 is 5.91 Å². The molecule has 112 valence electrons. The Morgan fingerprint density at radius 3 is 2.00 bits per heavy atom. The number of nitrogens with zero attached hydrogens (tertiary/aromatic N) is 1. The fourth-order valence-corrected chi connectivity index (χ4v) is 1.57. The third-order valence-corrected chi connectivity index (χ3v) is 2.70. The molecule has 0 unspecified atom stereocenters. The summed E-state index contributed by atoms with van der Waals surface area (Å²) in [4.78, 5) is 12.0. The van der Waals surface area contributed by atoms with Crippen LogP contribution in [0.3, 0.4) is 0 Å². The van der Waals surface area contributed by atoms with E-state index in [1.165, 1.54) is 13.8 Å². The van der Waals surface area contributed by atoms with Crippen molar-refractivity contribution in [2.75, 3.05) is 0 Å². The summed E-state index contributed by atoms with van der Waals surface area (Å²) in [5.74, 6) is -7.62. The van der Waals surface area contributed by atoms with Gasteiger partial charge in [-0.05, 0) is 19.4 Å². The summed E-state index contributed by atoms with van der Waals surface area (Å²) in [6.45, 7) is 2.46.